The predicted molar refractivity (Wildman–Crippen MR) is 72.4 cm³/mol. The fraction of sp³-hybridized carbons (Fsp3) is 0.231. The highest BCUT2D eigenvalue weighted by Gasteiger charge is 2.50. The minimum Gasteiger partial charge on any atom is -0.496 e. The number of rotatable bonds is 3. The Morgan fingerprint density at radius 2 is 1.76 bits per heavy atom. The predicted octanol–water partition coefficient (Wildman–Crippen LogP) is 2.74. The molecule has 21 heavy (non-hydrogen) atoms. The van der Waals surface area contributed by atoms with Crippen LogP contribution in [0.4, 0.5) is 13.2 Å². The number of halogens is 3. The molecule has 8 heteroatoms. The molecule has 0 aliphatic rings. The van der Waals surface area contributed by atoms with Gasteiger partial charge in [0.05, 0.1) is 7.11 Å². The van der Waals surface area contributed by atoms with E-state index >= 15 is 0 Å². The molecule has 4 nitrogen and oxygen atoms in total. The molecule has 0 bridgehead atoms. The number of methoxy groups -OCH3 is 1. The molecule has 0 aliphatic heterocycles. The average molecular weight is 319 g/mol. The second-order valence-corrected chi connectivity index (χ2v) is 6.06. The first-order valence-electron chi connectivity index (χ1n) is 5.80. The van der Waals surface area contributed by atoms with E-state index < -0.39 is 27.0 Å². The van der Waals surface area contributed by atoms with Gasteiger partial charge >= 0.3 is 6.18 Å². The van der Waals surface area contributed by atoms with E-state index in [1.54, 1.807) is 18.2 Å². The van der Waals surface area contributed by atoms with Gasteiger partial charge in [-0.25, -0.2) is 13.6 Å². The first kappa shape index (κ1) is 15.6. The van der Waals surface area contributed by atoms with Crippen molar-refractivity contribution in [2.45, 2.75) is 11.4 Å². The number of nitrogens with two attached hydrogens (primary N) is 1. The minimum atomic E-state index is -5.05. The summed E-state index contributed by atoms with van der Waals surface area (Å²) in [5.41, 5.74) is -0.495. The van der Waals surface area contributed by atoms with Gasteiger partial charge in [0.2, 0.25) is 10.0 Å². The van der Waals surface area contributed by atoms with Crippen molar-refractivity contribution in [2.75, 3.05) is 7.11 Å². The monoisotopic (exact) mass is 319 g/mol. The van der Waals surface area contributed by atoms with E-state index in [-0.39, 0.29) is 11.1 Å². The van der Waals surface area contributed by atoms with Crippen molar-refractivity contribution in [3.05, 3.63) is 42.0 Å². The van der Waals surface area contributed by atoms with Gasteiger partial charge in [-0.05, 0) is 16.8 Å². The molecule has 0 spiro atoms. The van der Waals surface area contributed by atoms with Gasteiger partial charge in [0.25, 0.3) is 0 Å². The Hall–Kier alpha value is -1.80. The number of alkyl halides is 3. The van der Waals surface area contributed by atoms with Crippen LogP contribution in [0.1, 0.15) is 10.8 Å². The Bertz CT molecular complexity index is 772. The molecule has 0 heterocycles. The fourth-order valence-corrected chi connectivity index (χ4v) is 3.18. The van der Waals surface area contributed by atoms with Crippen molar-refractivity contribution in [3.63, 3.8) is 0 Å². The third-order valence-corrected chi connectivity index (χ3v) is 4.20. The SMILES string of the molecule is COc1ccc2ccccc2c1C(C(F)(F)F)S(N)(=O)=O. The van der Waals surface area contributed by atoms with E-state index in [0.29, 0.717) is 5.39 Å². The number of benzene rings is 2. The lowest BCUT2D eigenvalue weighted by atomic mass is 10.0. The largest absolute Gasteiger partial charge is 0.496 e. The van der Waals surface area contributed by atoms with Crippen LogP contribution in [-0.4, -0.2) is 21.7 Å². The molecule has 2 N–H and O–H groups in total. The molecule has 0 aliphatic carbocycles. The van der Waals surface area contributed by atoms with Crippen molar-refractivity contribution < 1.29 is 26.3 Å². The maximum Gasteiger partial charge on any atom is 0.411 e. The average Bonchev–Trinajstić information content (AvgIpc) is 2.36. The van der Waals surface area contributed by atoms with Gasteiger partial charge in [-0.3, -0.25) is 0 Å². The maximum absolute atomic E-state index is 13.2. The standard InChI is InChI=1S/C13H12F3NO3S/c1-20-10-7-6-8-4-2-3-5-9(8)11(10)12(13(14,15)16)21(17,18)19/h2-7,12H,1H3,(H2,17,18,19). The summed E-state index contributed by atoms with van der Waals surface area (Å²) in [6, 6.07) is 8.97. The zero-order valence-electron chi connectivity index (χ0n) is 10.9. The van der Waals surface area contributed by atoms with E-state index in [4.69, 9.17) is 9.88 Å². The Kier molecular flexibility index (Phi) is 3.85. The van der Waals surface area contributed by atoms with Crippen molar-refractivity contribution >= 4 is 20.8 Å². The van der Waals surface area contributed by atoms with E-state index in [2.05, 4.69) is 0 Å². The minimum absolute atomic E-state index is 0.133. The van der Waals surface area contributed by atoms with Crippen LogP contribution in [-0.2, 0) is 10.0 Å². The molecule has 0 aromatic heterocycles. The van der Waals surface area contributed by atoms with Crippen LogP contribution in [0.2, 0.25) is 0 Å². The summed E-state index contributed by atoms with van der Waals surface area (Å²) in [7, 11) is -3.73. The van der Waals surface area contributed by atoms with E-state index in [1.165, 1.54) is 25.3 Å². The maximum atomic E-state index is 13.2. The van der Waals surface area contributed by atoms with Crippen molar-refractivity contribution in [1.82, 2.24) is 0 Å². The number of primary sulfonamides is 1. The quantitative estimate of drug-likeness (QED) is 0.946. The third-order valence-electron chi connectivity index (χ3n) is 3.04. The summed E-state index contributed by atoms with van der Waals surface area (Å²) in [6.45, 7) is 0. The molecule has 1 unspecified atom stereocenters. The summed E-state index contributed by atoms with van der Waals surface area (Å²) >= 11 is 0. The summed E-state index contributed by atoms with van der Waals surface area (Å²) < 4.78 is 67.6. The fourth-order valence-electron chi connectivity index (χ4n) is 2.24. The Balaban J connectivity index is 2.90. The molecule has 0 amide bonds. The first-order chi connectivity index (χ1) is 9.66. The van der Waals surface area contributed by atoms with Crippen LogP contribution in [0, 0.1) is 0 Å². The van der Waals surface area contributed by atoms with Crippen LogP contribution >= 0.6 is 0 Å². The summed E-state index contributed by atoms with van der Waals surface area (Å²) in [4.78, 5) is 0. The highest BCUT2D eigenvalue weighted by atomic mass is 32.2. The van der Waals surface area contributed by atoms with Crippen molar-refractivity contribution in [2.24, 2.45) is 5.14 Å². The van der Waals surface area contributed by atoms with E-state index in [0.717, 1.165) is 0 Å². The Morgan fingerprint density at radius 1 is 1.14 bits per heavy atom. The molecule has 0 radical (unpaired) electrons. The zero-order chi connectivity index (χ0) is 15.8. The number of sulfonamides is 1. The zero-order valence-corrected chi connectivity index (χ0v) is 11.7. The van der Waals surface area contributed by atoms with Gasteiger partial charge in [-0.1, -0.05) is 30.3 Å². The molecule has 2 aromatic carbocycles. The number of hydrogen-bond donors (Lipinski definition) is 1. The van der Waals surface area contributed by atoms with Crippen LogP contribution in [0.15, 0.2) is 36.4 Å². The molecule has 0 saturated heterocycles. The molecule has 1 atom stereocenters. The van der Waals surface area contributed by atoms with Gasteiger partial charge in [-0.2, -0.15) is 13.2 Å². The summed E-state index contributed by atoms with van der Waals surface area (Å²) in [6.07, 6.45) is -5.05. The first-order valence-corrected chi connectivity index (χ1v) is 7.41. The number of hydrogen-bond acceptors (Lipinski definition) is 3. The van der Waals surface area contributed by atoms with Gasteiger partial charge < -0.3 is 4.74 Å². The Labute approximate surface area is 119 Å². The smallest absolute Gasteiger partial charge is 0.411 e. The molecule has 0 fully saturated rings. The highest BCUT2D eigenvalue weighted by Crippen LogP contribution is 2.44. The number of fused-ring (bicyclic) bond motifs is 1. The Morgan fingerprint density at radius 3 is 2.29 bits per heavy atom. The highest BCUT2D eigenvalue weighted by molar-refractivity contribution is 7.89. The lowest BCUT2D eigenvalue weighted by Crippen LogP contribution is -2.33. The molecular weight excluding hydrogens is 307 g/mol. The summed E-state index contributed by atoms with van der Waals surface area (Å²) in [5.74, 6) is -0.176. The van der Waals surface area contributed by atoms with Crippen LogP contribution < -0.4 is 9.88 Å². The lowest BCUT2D eigenvalue weighted by molar-refractivity contribution is -0.131. The van der Waals surface area contributed by atoms with Gasteiger partial charge in [0, 0.05) is 5.56 Å². The molecule has 2 rings (SSSR count). The second-order valence-electron chi connectivity index (χ2n) is 4.41. The summed E-state index contributed by atoms with van der Waals surface area (Å²) in [5, 5.41) is 2.56. The van der Waals surface area contributed by atoms with Crippen LogP contribution in [0.3, 0.4) is 0 Å². The molecule has 114 valence electrons. The van der Waals surface area contributed by atoms with Crippen LogP contribution in [0.5, 0.6) is 5.75 Å². The van der Waals surface area contributed by atoms with E-state index in [9.17, 15) is 21.6 Å². The molecular formula is C13H12F3NO3S. The molecule has 0 saturated carbocycles. The van der Waals surface area contributed by atoms with Crippen molar-refractivity contribution in [3.8, 4) is 5.75 Å². The topological polar surface area (TPSA) is 69.4 Å². The third kappa shape index (κ3) is 2.96. The van der Waals surface area contributed by atoms with Crippen molar-refractivity contribution in [1.29, 1.82) is 0 Å². The normalized spacial score (nSPS) is 14.1. The molecule has 2 aromatic rings. The van der Waals surface area contributed by atoms with Gasteiger partial charge in [0.1, 0.15) is 5.75 Å². The van der Waals surface area contributed by atoms with Gasteiger partial charge in [0.15, 0.2) is 5.25 Å². The van der Waals surface area contributed by atoms with Crippen LogP contribution in [0.25, 0.3) is 10.8 Å². The lowest BCUT2D eigenvalue weighted by Gasteiger charge is -2.22. The second kappa shape index (κ2) is 5.19. The van der Waals surface area contributed by atoms with E-state index in [1.807, 2.05) is 0 Å². The van der Waals surface area contributed by atoms with Gasteiger partial charge in [-0.15, -0.1) is 0 Å². The number of ether oxygens (including phenoxy) is 1.